The molecule has 0 bridgehead atoms. The maximum Gasteiger partial charge on any atom is 0.155 e. The van der Waals surface area contributed by atoms with Crippen LogP contribution in [0.25, 0.3) is 0 Å². The summed E-state index contributed by atoms with van der Waals surface area (Å²) >= 11 is 0. The first-order valence-corrected chi connectivity index (χ1v) is 12.2. The highest BCUT2D eigenvalue weighted by atomic mass is 16.3. The molecule has 3 saturated carbocycles. The highest BCUT2D eigenvalue weighted by Crippen LogP contribution is 2.67. The molecule has 0 heterocycles. The number of carbonyl (C=O) groups excluding carboxylic acids is 1. The quantitative estimate of drug-likeness (QED) is 0.434. The second kappa shape index (κ2) is 7.66. The lowest BCUT2D eigenvalue weighted by atomic mass is 9.47. The molecule has 4 rings (SSSR count). The number of hydrogen-bond acceptors (Lipinski definition) is 2. The van der Waals surface area contributed by atoms with Gasteiger partial charge in [0, 0.05) is 6.42 Å². The Morgan fingerprint density at radius 2 is 1.93 bits per heavy atom. The topological polar surface area (TPSA) is 37.3 Å². The van der Waals surface area contributed by atoms with Gasteiger partial charge in [-0.05, 0) is 112 Å². The van der Waals surface area contributed by atoms with Gasteiger partial charge in [-0.1, -0.05) is 38.0 Å². The average molecular weight is 399 g/mol. The van der Waals surface area contributed by atoms with E-state index >= 15 is 0 Å². The number of aliphatic hydroxyl groups excluding tert-OH is 1. The van der Waals surface area contributed by atoms with Gasteiger partial charge in [-0.2, -0.15) is 0 Å². The summed E-state index contributed by atoms with van der Waals surface area (Å²) in [6.45, 7) is 11.5. The molecule has 29 heavy (non-hydrogen) atoms. The second-order valence-corrected chi connectivity index (χ2v) is 11.8. The molecule has 3 fully saturated rings. The van der Waals surface area contributed by atoms with E-state index < -0.39 is 0 Å². The lowest BCUT2D eigenvalue weighted by molar-refractivity contribution is -0.116. The molecular weight excluding hydrogens is 356 g/mol. The smallest absolute Gasteiger partial charge is 0.155 e. The van der Waals surface area contributed by atoms with E-state index in [1.807, 2.05) is 19.9 Å². The summed E-state index contributed by atoms with van der Waals surface area (Å²) in [6.07, 6.45) is 14.6. The molecule has 4 aliphatic rings. The molecular formula is C27H42O2. The summed E-state index contributed by atoms with van der Waals surface area (Å²) in [6, 6.07) is 0. The molecule has 0 spiro atoms. The maximum atomic E-state index is 12.4. The SMILES string of the molecule is CC(C)=CC(=O)CC(C)C1CCC2C3CC=C4CC(O)CCC4(C)C3CCC12C. The van der Waals surface area contributed by atoms with Crippen molar-refractivity contribution in [2.45, 2.75) is 98.5 Å². The van der Waals surface area contributed by atoms with E-state index in [0.717, 1.165) is 36.2 Å². The first-order valence-electron chi connectivity index (χ1n) is 12.2. The third kappa shape index (κ3) is 3.58. The lowest BCUT2D eigenvalue weighted by Gasteiger charge is -2.58. The van der Waals surface area contributed by atoms with Gasteiger partial charge in [-0.3, -0.25) is 4.79 Å². The highest BCUT2D eigenvalue weighted by Gasteiger charge is 2.59. The number of allylic oxidation sites excluding steroid dienone is 3. The van der Waals surface area contributed by atoms with Crippen LogP contribution in [0.1, 0.15) is 92.4 Å². The zero-order valence-electron chi connectivity index (χ0n) is 19.3. The van der Waals surface area contributed by atoms with E-state index in [1.165, 1.54) is 38.5 Å². The van der Waals surface area contributed by atoms with Crippen LogP contribution < -0.4 is 0 Å². The molecule has 0 aromatic heterocycles. The van der Waals surface area contributed by atoms with E-state index in [1.54, 1.807) is 5.57 Å². The van der Waals surface area contributed by atoms with Crippen molar-refractivity contribution < 1.29 is 9.90 Å². The van der Waals surface area contributed by atoms with Gasteiger partial charge in [-0.15, -0.1) is 0 Å². The van der Waals surface area contributed by atoms with E-state index in [0.29, 0.717) is 34.9 Å². The van der Waals surface area contributed by atoms with Gasteiger partial charge in [0.2, 0.25) is 0 Å². The van der Waals surface area contributed by atoms with Crippen LogP contribution >= 0.6 is 0 Å². The van der Waals surface area contributed by atoms with Gasteiger partial charge in [0.05, 0.1) is 6.10 Å². The molecule has 8 atom stereocenters. The summed E-state index contributed by atoms with van der Waals surface area (Å²) in [4.78, 5) is 12.4. The summed E-state index contributed by atoms with van der Waals surface area (Å²) in [5.41, 5.74) is 3.42. The minimum atomic E-state index is -0.116. The summed E-state index contributed by atoms with van der Waals surface area (Å²) in [5.74, 6) is 3.91. The fourth-order valence-corrected chi connectivity index (χ4v) is 8.46. The van der Waals surface area contributed by atoms with E-state index in [-0.39, 0.29) is 6.10 Å². The molecule has 1 N–H and O–H groups in total. The number of ketones is 1. The van der Waals surface area contributed by atoms with Crippen molar-refractivity contribution in [3.8, 4) is 0 Å². The fraction of sp³-hybridized carbons (Fsp3) is 0.815. The Kier molecular flexibility index (Phi) is 5.64. The van der Waals surface area contributed by atoms with Crippen molar-refractivity contribution in [1.82, 2.24) is 0 Å². The molecule has 2 nitrogen and oxygen atoms in total. The van der Waals surface area contributed by atoms with E-state index in [2.05, 4.69) is 26.8 Å². The van der Waals surface area contributed by atoms with Crippen LogP contribution in [-0.4, -0.2) is 17.0 Å². The van der Waals surface area contributed by atoms with Crippen molar-refractivity contribution in [2.24, 2.45) is 40.4 Å². The Morgan fingerprint density at radius 1 is 1.17 bits per heavy atom. The standard InChI is InChI=1S/C27H42O2/c1-17(2)14-21(29)15-18(3)23-8-9-24-22-7-6-19-16-20(28)10-12-26(19,4)25(22)11-13-27(23,24)5/h6,14,18,20,22-25,28H,7-13,15-16H2,1-5H3. The molecule has 0 saturated heterocycles. The van der Waals surface area contributed by atoms with Gasteiger partial charge in [0.25, 0.3) is 0 Å². The maximum absolute atomic E-state index is 12.4. The first-order chi connectivity index (χ1) is 13.6. The van der Waals surface area contributed by atoms with Crippen LogP contribution in [0, 0.1) is 40.4 Å². The summed E-state index contributed by atoms with van der Waals surface area (Å²) < 4.78 is 0. The molecule has 8 unspecified atom stereocenters. The van der Waals surface area contributed by atoms with Crippen molar-refractivity contribution >= 4 is 5.78 Å². The third-order valence-corrected chi connectivity index (χ3v) is 9.81. The van der Waals surface area contributed by atoms with Crippen molar-refractivity contribution in [3.05, 3.63) is 23.3 Å². The number of aliphatic hydroxyl groups is 1. The molecule has 0 aromatic carbocycles. The predicted octanol–water partition coefficient (Wildman–Crippen LogP) is 6.49. The zero-order valence-corrected chi connectivity index (χ0v) is 19.3. The van der Waals surface area contributed by atoms with Crippen molar-refractivity contribution in [1.29, 1.82) is 0 Å². The van der Waals surface area contributed by atoms with Crippen molar-refractivity contribution in [3.63, 3.8) is 0 Å². The molecule has 2 heteroatoms. The molecule has 4 aliphatic carbocycles. The van der Waals surface area contributed by atoms with E-state index in [4.69, 9.17) is 0 Å². The van der Waals surface area contributed by atoms with Crippen LogP contribution in [-0.2, 0) is 4.79 Å². The van der Waals surface area contributed by atoms with Crippen LogP contribution in [0.3, 0.4) is 0 Å². The van der Waals surface area contributed by atoms with Crippen LogP contribution in [0.15, 0.2) is 23.3 Å². The molecule has 162 valence electrons. The monoisotopic (exact) mass is 398 g/mol. The number of rotatable bonds is 4. The Morgan fingerprint density at radius 3 is 2.66 bits per heavy atom. The number of fused-ring (bicyclic) bond motifs is 5. The third-order valence-electron chi connectivity index (χ3n) is 9.81. The number of hydrogen-bond donors (Lipinski definition) is 1. The Balaban J connectivity index is 1.53. The van der Waals surface area contributed by atoms with Crippen molar-refractivity contribution in [2.75, 3.05) is 0 Å². The Hall–Kier alpha value is -0.890. The highest BCUT2D eigenvalue weighted by molar-refractivity contribution is 5.90. The fourth-order valence-electron chi connectivity index (χ4n) is 8.46. The Bertz CT molecular complexity index is 714. The minimum Gasteiger partial charge on any atom is -0.393 e. The lowest BCUT2D eigenvalue weighted by Crippen LogP contribution is -2.50. The van der Waals surface area contributed by atoms with E-state index in [9.17, 15) is 9.90 Å². The molecule has 0 radical (unpaired) electrons. The normalized spacial score (nSPS) is 44.8. The van der Waals surface area contributed by atoms with Gasteiger partial charge in [0.1, 0.15) is 0 Å². The van der Waals surface area contributed by atoms with Gasteiger partial charge >= 0.3 is 0 Å². The average Bonchev–Trinajstić information content (AvgIpc) is 2.99. The predicted molar refractivity (Wildman–Crippen MR) is 119 cm³/mol. The second-order valence-electron chi connectivity index (χ2n) is 11.8. The largest absolute Gasteiger partial charge is 0.393 e. The van der Waals surface area contributed by atoms with Crippen LogP contribution in [0.4, 0.5) is 0 Å². The van der Waals surface area contributed by atoms with Crippen LogP contribution in [0.2, 0.25) is 0 Å². The zero-order chi connectivity index (χ0) is 21.0. The summed E-state index contributed by atoms with van der Waals surface area (Å²) in [5, 5.41) is 10.2. The first kappa shape index (κ1) is 21.3. The van der Waals surface area contributed by atoms with Crippen LogP contribution in [0.5, 0.6) is 0 Å². The Labute approximate surface area is 178 Å². The molecule has 0 aliphatic heterocycles. The molecule has 0 amide bonds. The summed E-state index contributed by atoms with van der Waals surface area (Å²) in [7, 11) is 0. The van der Waals surface area contributed by atoms with Gasteiger partial charge in [0.15, 0.2) is 5.78 Å². The minimum absolute atomic E-state index is 0.116. The number of carbonyl (C=O) groups is 1. The van der Waals surface area contributed by atoms with Gasteiger partial charge < -0.3 is 5.11 Å². The molecule has 0 aromatic rings. The van der Waals surface area contributed by atoms with Gasteiger partial charge in [-0.25, -0.2) is 0 Å².